The van der Waals surface area contributed by atoms with Crippen molar-refractivity contribution in [2.24, 2.45) is 0 Å². The van der Waals surface area contributed by atoms with Crippen LogP contribution in [0.4, 0.5) is 0 Å². The summed E-state index contributed by atoms with van der Waals surface area (Å²) in [5.41, 5.74) is 2.58. The van der Waals surface area contributed by atoms with E-state index in [1.807, 2.05) is 6.20 Å². The van der Waals surface area contributed by atoms with Crippen LogP contribution in [-0.2, 0) is 5.41 Å². The molecule has 1 aromatic heterocycles. The SMILES string of the molecule is CCCCCCC(C)(CC)c1cc(C)cnn1. The molecule has 0 aliphatic rings. The van der Waals surface area contributed by atoms with E-state index in [0.717, 1.165) is 12.1 Å². The third-order valence-electron chi connectivity index (χ3n) is 3.77. The first-order chi connectivity index (χ1) is 8.12. The summed E-state index contributed by atoms with van der Waals surface area (Å²) in [6.07, 6.45) is 9.47. The average molecular weight is 234 g/mol. The minimum Gasteiger partial charge on any atom is -0.159 e. The van der Waals surface area contributed by atoms with Crippen LogP contribution in [0.25, 0.3) is 0 Å². The van der Waals surface area contributed by atoms with Crippen molar-refractivity contribution in [1.29, 1.82) is 0 Å². The minimum atomic E-state index is 0.201. The lowest BCUT2D eigenvalue weighted by molar-refractivity contribution is 0.382. The zero-order chi connectivity index (χ0) is 12.7. The monoisotopic (exact) mass is 234 g/mol. The highest BCUT2D eigenvalue weighted by Crippen LogP contribution is 2.31. The molecular formula is C15H26N2. The summed E-state index contributed by atoms with van der Waals surface area (Å²) in [7, 11) is 0. The van der Waals surface area contributed by atoms with E-state index in [2.05, 4.69) is 44.0 Å². The van der Waals surface area contributed by atoms with Crippen LogP contribution in [0.5, 0.6) is 0 Å². The van der Waals surface area contributed by atoms with Crippen molar-refractivity contribution in [3.05, 3.63) is 23.5 Å². The van der Waals surface area contributed by atoms with Gasteiger partial charge in [0.1, 0.15) is 0 Å². The minimum absolute atomic E-state index is 0.201. The third-order valence-corrected chi connectivity index (χ3v) is 3.77. The molecule has 0 aliphatic carbocycles. The standard InChI is InChI=1S/C15H26N2/c1-5-7-8-9-10-15(4,6-2)14-11-13(3)12-16-17-14/h11-12H,5-10H2,1-4H3. The molecule has 17 heavy (non-hydrogen) atoms. The van der Waals surface area contributed by atoms with E-state index in [-0.39, 0.29) is 5.41 Å². The number of nitrogens with zero attached hydrogens (tertiary/aromatic N) is 2. The van der Waals surface area contributed by atoms with Gasteiger partial charge in [-0.1, -0.05) is 46.5 Å². The van der Waals surface area contributed by atoms with Crippen molar-refractivity contribution in [1.82, 2.24) is 10.2 Å². The number of hydrogen-bond donors (Lipinski definition) is 0. The lowest BCUT2D eigenvalue weighted by Crippen LogP contribution is -2.23. The topological polar surface area (TPSA) is 25.8 Å². The van der Waals surface area contributed by atoms with E-state index >= 15 is 0 Å². The van der Waals surface area contributed by atoms with Crippen LogP contribution >= 0.6 is 0 Å². The molecule has 0 saturated carbocycles. The fourth-order valence-corrected chi connectivity index (χ4v) is 2.19. The molecule has 0 saturated heterocycles. The Morgan fingerprint density at radius 2 is 1.94 bits per heavy atom. The van der Waals surface area contributed by atoms with Gasteiger partial charge in [0.2, 0.25) is 0 Å². The van der Waals surface area contributed by atoms with Crippen molar-refractivity contribution in [3.63, 3.8) is 0 Å². The van der Waals surface area contributed by atoms with E-state index in [4.69, 9.17) is 0 Å². The average Bonchev–Trinajstić information content (AvgIpc) is 2.34. The molecular weight excluding hydrogens is 208 g/mol. The van der Waals surface area contributed by atoms with Crippen molar-refractivity contribution < 1.29 is 0 Å². The fraction of sp³-hybridized carbons (Fsp3) is 0.733. The molecule has 1 rings (SSSR count). The highest BCUT2D eigenvalue weighted by molar-refractivity contribution is 5.18. The Kier molecular flexibility index (Phi) is 5.60. The van der Waals surface area contributed by atoms with Gasteiger partial charge < -0.3 is 0 Å². The summed E-state index contributed by atoms with van der Waals surface area (Å²) < 4.78 is 0. The Bertz CT molecular complexity index is 335. The van der Waals surface area contributed by atoms with E-state index in [1.165, 1.54) is 37.7 Å². The van der Waals surface area contributed by atoms with Crippen LogP contribution in [0, 0.1) is 6.92 Å². The maximum atomic E-state index is 4.33. The second-order valence-electron chi connectivity index (χ2n) is 5.34. The molecule has 0 radical (unpaired) electrons. The van der Waals surface area contributed by atoms with Gasteiger partial charge in [0, 0.05) is 5.41 Å². The van der Waals surface area contributed by atoms with Crippen molar-refractivity contribution in [2.75, 3.05) is 0 Å². The lowest BCUT2D eigenvalue weighted by Gasteiger charge is -2.27. The second-order valence-corrected chi connectivity index (χ2v) is 5.34. The van der Waals surface area contributed by atoms with Gasteiger partial charge in [-0.2, -0.15) is 10.2 Å². The first kappa shape index (κ1) is 14.1. The molecule has 0 aromatic carbocycles. The first-order valence-corrected chi connectivity index (χ1v) is 6.92. The van der Waals surface area contributed by atoms with E-state index in [0.29, 0.717) is 0 Å². The zero-order valence-electron chi connectivity index (χ0n) is 11.8. The van der Waals surface area contributed by atoms with Gasteiger partial charge in [0.15, 0.2) is 0 Å². The van der Waals surface area contributed by atoms with Crippen LogP contribution in [0.3, 0.4) is 0 Å². The summed E-state index contributed by atoms with van der Waals surface area (Å²) in [4.78, 5) is 0. The molecule has 0 fully saturated rings. The van der Waals surface area contributed by atoms with E-state index in [9.17, 15) is 0 Å². The number of aryl methyl sites for hydroxylation is 1. The fourth-order valence-electron chi connectivity index (χ4n) is 2.19. The van der Waals surface area contributed by atoms with E-state index < -0.39 is 0 Å². The normalized spacial score (nSPS) is 14.6. The van der Waals surface area contributed by atoms with Gasteiger partial charge in [-0.25, -0.2) is 0 Å². The van der Waals surface area contributed by atoms with Crippen LogP contribution in [0.15, 0.2) is 12.3 Å². The summed E-state index contributed by atoms with van der Waals surface area (Å²) in [6, 6.07) is 2.19. The van der Waals surface area contributed by atoms with Crippen LogP contribution < -0.4 is 0 Å². The van der Waals surface area contributed by atoms with Crippen molar-refractivity contribution >= 4 is 0 Å². The highest BCUT2D eigenvalue weighted by Gasteiger charge is 2.25. The lowest BCUT2D eigenvalue weighted by atomic mass is 9.78. The Balaban J connectivity index is 2.67. The van der Waals surface area contributed by atoms with Crippen LogP contribution in [-0.4, -0.2) is 10.2 Å². The summed E-state index contributed by atoms with van der Waals surface area (Å²) in [5.74, 6) is 0. The van der Waals surface area contributed by atoms with Gasteiger partial charge >= 0.3 is 0 Å². The van der Waals surface area contributed by atoms with Gasteiger partial charge in [0.25, 0.3) is 0 Å². The predicted octanol–water partition coefficient (Wildman–Crippen LogP) is 4.42. The Labute approximate surface area is 106 Å². The molecule has 1 aromatic rings. The number of rotatable bonds is 7. The zero-order valence-corrected chi connectivity index (χ0v) is 11.8. The molecule has 2 heteroatoms. The Hall–Kier alpha value is -0.920. The molecule has 2 nitrogen and oxygen atoms in total. The molecule has 96 valence electrons. The quantitative estimate of drug-likeness (QED) is 0.652. The van der Waals surface area contributed by atoms with Gasteiger partial charge in [0.05, 0.1) is 11.9 Å². The molecule has 1 unspecified atom stereocenters. The van der Waals surface area contributed by atoms with Gasteiger partial charge in [-0.05, 0) is 31.4 Å². The van der Waals surface area contributed by atoms with Gasteiger partial charge in [-0.15, -0.1) is 0 Å². The van der Waals surface area contributed by atoms with Crippen molar-refractivity contribution in [3.8, 4) is 0 Å². The molecule has 0 spiro atoms. The van der Waals surface area contributed by atoms with Crippen molar-refractivity contribution in [2.45, 2.75) is 71.6 Å². The smallest absolute Gasteiger partial charge is 0.0692 e. The molecule has 0 bridgehead atoms. The molecule has 0 amide bonds. The maximum Gasteiger partial charge on any atom is 0.0692 e. The summed E-state index contributed by atoms with van der Waals surface area (Å²) in [6.45, 7) is 8.92. The maximum absolute atomic E-state index is 4.33. The predicted molar refractivity (Wildman–Crippen MR) is 73.2 cm³/mol. The summed E-state index contributed by atoms with van der Waals surface area (Å²) in [5, 5.41) is 8.42. The number of unbranched alkanes of at least 4 members (excludes halogenated alkanes) is 3. The second kappa shape index (κ2) is 6.73. The first-order valence-electron chi connectivity index (χ1n) is 6.92. The highest BCUT2D eigenvalue weighted by atomic mass is 15.1. The molecule has 0 aliphatic heterocycles. The molecule has 1 heterocycles. The largest absolute Gasteiger partial charge is 0.159 e. The summed E-state index contributed by atoms with van der Waals surface area (Å²) >= 11 is 0. The number of aromatic nitrogens is 2. The molecule has 0 N–H and O–H groups in total. The third kappa shape index (κ3) is 4.10. The Morgan fingerprint density at radius 1 is 1.18 bits per heavy atom. The number of hydrogen-bond acceptors (Lipinski definition) is 2. The van der Waals surface area contributed by atoms with Crippen LogP contribution in [0.2, 0.25) is 0 Å². The van der Waals surface area contributed by atoms with Crippen LogP contribution in [0.1, 0.15) is 70.6 Å². The van der Waals surface area contributed by atoms with E-state index in [1.54, 1.807) is 0 Å². The Morgan fingerprint density at radius 3 is 2.53 bits per heavy atom. The molecule has 1 atom stereocenters. The van der Waals surface area contributed by atoms with Gasteiger partial charge in [-0.3, -0.25) is 0 Å².